The number of fused-ring (bicyclic) bond motifs is 1. The highest BCUT2D eigenvalue weighted by Crippen LogP contribution is 2.49. The van der Waals surface area contributed by atoms with Crippen LogP contribution < -0.4 is 28.4 Å². The van der Waals surface area contributed by atoms with E-state index < -0.39 is 46.3 Å². The highest BCUT2D eigenvalue weighted by Gasteiger charge is 2.39. The fourth-order valence-corrected chi connectivity index (χ4v) is 12.6. The van der Waals surface area contributed by atoms with E-state index in [1.165, 1.54) is 60.1 Å². The van der Waals surface area contributed by atoms with E-state index in [-0.39, 0.29) is 52.7 Å². The molecule has 0 aliphatic heterocycles. The van der Waals surface area contributed by atoms with Crippen molar-refractivity contribution in [1.82, 2.24) is 19.9 Å². The van der Waals surface area contributed by atoms with E-state index in [0.717, 1.165) is 11.1 Å². The number of carboxylic acid groups (broad SMARTS) is 1. The molecule has 21 heteroatoms. The van der Waals surface area contributed by atoms with E-state index in [2.05, 4.69) is 19.9 Å². The molecule has 11 aromatic rings. The fourth-order valence-electron chi connectivity index (χ4n) is 10.3. The molecule has 0 fully saturated rings. The minimum atomic E-state index is -4.36. The van der Waals surface area contributed by atoms with Gasteiger partial charge in [0, 0.05) is 28.6 Å². The van der Waals surface area contributed by atoms with E-state index in [0.29, 0.717) is 82.8 Å². The number of aromatic nitrogens is 4. The van der Waals surface area contributed by atoms with Gasteiger partial charge < -0.3 is 43.4 Å². The molecule has 1 unspecified atom stereocenters. The number of carbonyl (C=O) groups is 1. The summed E-state index contributed by atoms with van der Waals surface area (Å²) < 4.78 is 91.6. The van der Waals surface area contributed by atoms with Gasteiger partial charge in [0.1, 0.15) is 76.4 Å². The third kappa shape index (κ3) is 14.1. The first-order valence-electron chi connectivity index (χ1n) is 28.4. The van der Waals surface area contributed by atoms with Crippen LogP contribution >= 0.6 is 22.9 Å². The maximum Gasteiger partial charge on any atom is 0.345 e. The van der Waals surface area contributed by atoms with Crippen molar-refractivity contribution in [3.8, 4) is 73.3 Å². The maximum atomic E-state index is 14.6. The summed E-state index contributed by atoms with van der Waals surface area (Å²) in [5, 5.41) is 22.0. The van der Waals surface area contributed by atoms with Gasteiger partial charge in [-0.15, -0.1) is 11.3 Å². The molecular formula is C70H58ClFN4O13S2. The van der Waals surface area contributed by atoms with Gasteiger partial charge in [0.05, 0.1) is 54.5 Å². The Balaban J connectivity index is 0.941. The lowest BCUT2D eigenvalue weighted by molar-refractivity contribution is -0.145. The van der Waals surface area contributed by atoms with E-state index in [1.54, 1.807) is 82.1 Å². The molecular weight excluding hydrogens is 1220 g/mol. The number of aryl methyl sites for hydroxylation is 1. The Hall–Kier alpha value is -9.96. The third-order valence-corrected chi connectivity index (χ3v) is 17.6. The second-order valence-electron chi connectivity index (χ2n) is 20.7. The summed E-state index contributed by atoms with van der Waals surface area (Å²) in [6.45, 7) is 0.965. The van der Waals surface area contributed by atoms with E-state index >= 15 is 0 Å². The van der Waals surface area contributed by atoms with Crippen molar-refractivity contribution < 1.29 is 65.2 Å². The van der Waals surface area contributed by atoms with Gasteiger partial charge in [-0.2, -0.15) is 8.42 Å². The highest BCUT2D eigenvalue weighted by atomic mass is 35.5. The molecule has 17 nitrogen and oxygen atoms in total. The summed E-state index contributed by atoms with van der Waals surface area (Å²) in [4.78, 5) is 32.5. The van der Waals surface area contributed by atoms with Crippen LogP contribution in [0.15, 0.2) is 212 Å². The molecule has 0 spiro atoms. The van der Waals surface area contributed by atoms with Crippen molar-refractivity contribution in [1.29, 1.82) is 0 Å². The Morgan fingerprint density at radius 1 is 0.681 bits per heavy atom. The molecule has 0 aliphatic rings. The number of hydrogen-bond donors (Lipinski definition) is 2. The standard InChI is InChI=1S/C70H58ClFN4O13S2/c1-43-14-30-56(31-15-43)91(80,81)87-41-55(40-86-70(47-10-6-5-7-11-47,48-19-26-53(82-2)27-20-48)49-21-28-54(83-3)29-22-49)88-61-32-18-45(37-58(61)71)63-64-67(74-42-75-68(64)90-65(63)44-16-23-50(72)24-17-44)89-62(69(78)79)38-46-36-52(77)25-33-59(46)85-39-51-34-35-73-66(76-51)57-12-8-9-13-60(57)84-4/h5-37,42,55,62,77H,38-41H2,1-4H3,(H,78,79)/t55-,62?/m1/s1. The molecule has 3 aromatic heterocycles. The molecule has 2 atom stereocenters. The minimum absolute atomic E-state index is 0.0489. The van der Waals surface area contributed by atoms with E-state index in [9.17, 15) is 27.8 Å². The third-order valence-electron chi connectivity index (χ3n) is 14.9. The fraction of sp³-hybridized carbons (Fsp3) is 0.157. The largest absolute Gasteiger partial charge is 0.508 e. The number of phenols is 1. The number of rotatable bonds is 26. The van der Waals surface area contributed by atoms with Crippen molar-refractivity contribution in [2.75, 3.05) is 34.5 Å². The molecule has 0 amide bonds. The Morgan fingerprint density at radius 2 is 1.34 bits per heavy atom. The molecule has 2 N–H and O–H groups in total. The first-order chi connectivity index (χ1) is 44.1. The number of thiophene rings is 1. The first kappa shape index (κ1) is 62.6. The second kappa shape index (κ2) is 27.8. The molecule has 91 heavy (non-hydrogen) atoms. The Bertz CT molecular complexity index is 4420. The summed E-state index contributed by atoms with van der Waals surface area (Å²) in [5.74, 6) is 0.477. The maximum absolute atomic E-state index is 14.6. The number of halogens is 2. The zero-order valence-corrected chi connectivity index (χ0v) is 51.7. The van der Waals surface area contributed by atoms with E-state index in [1.807, 2.05) is 104 Å². The quantitative estimate of drug-likeness (QED) is 0.0380. The normalized spacial score (nSPS) is 12.2. The van der Waals surface area contributed by atoms with Crippen LogP contribution in [-0.4, -0.2) is 91.3 Å². The smallest absolute Gasteiger partial charge is 0.345 e. The van der Waals surface area contributed by atoms with Crippen LogP contribution in [0.3, 0.4) is 0 Å². The number of nitrogens with zero attached hydrogens (tertiary/aromatic N) is 4. The Kier molecular flexibility index (Phi) is 19.2. The molecule has 3 heterocycles. The van der Waals surface area contributed by atoms with Crippen molar-refractivity contribution in [2.45, 2.75) is 42.7 Å². The lowest BCUT2D eigenvalue weighted by Gasteiger charge is -2.37. The van der Waals surface area contributed by atoms with Gasteiger partial charge in [-0.25, -0.2) is 29.1 Å². The zero-order valence-electron chi connectivity index (χ0n) is 49.4. The van der Waals surface area contributed by atoms with Gasteiger partial charge in [0.15, 0.2) is 5.82 Å². The van der Waals surface area contributed by atoms with Gasteiger partial charge in [-0.1, -0.05) is 114 Å². The number of benzene rings is 8. The lowest BCUT2D eigenvalue weighted by Crippen LogP contribution is -2.39. The highest BCUT2D eigenvalue weighted by molar-refractivity contribution is 7.86. The first-order valence-corrected chi connectivity index (χ1v) is 31.0. The van der Waals surface area contributed by atoms with Crippen LogP contribution in [0.4, 0.5) is 4.39 Å². The van der Waals surface area contributed by atoms with Crippen LogP contribution in [0.5, 0.6) is 40.4 Å². The Morgan fingerprint density at radius 3 is 2.01 bits per heavy atom. The summed E-state index contributed by atoms with van der Waals surface area (Å²) in [6, 6.07) is 54.8. The number of para-hydroxylation sites is 1. The summed E-state index contributed by atoms with van der Waals surface area (Å²) in [6.07, 6.45) is -0.262. The van der Waals surface area contributed by atoms with Crippen molar-refractivity contribution in [3.63, 3.8) is 0 Å². The van der Waals surface area contributed by atoms with Crippen molar-refractivity contribution in [2.24, 2.45) is 0 Å². The molecule has 462 valence electrons. The number of ether oxygens (including phenoxy) is 7. The van der Waals surface area contributed by atoms with Crippen LogP contribution in [0, 0.1) is 12.7 Å². The molecule has 0 saturated carbocycles. The number of methoxy groups -OCH3 is 3. The average molecular weight is 1280 g/mol. The van der Waals surface area contributed by atoms with Crippen LogP contribution in [0.1, 0.15) is 33.5 Å². The summed E-state index contributed by atoms with van der Waals surface area (Å²) in [5.41, 5.74) is 4.61. The van der Waals surface area contributed by atoms with Gasteiger partial charge in [-0.3, -0.25) is 4.18 Å². The van der Waals surface area contributed by atoms with E-state index in [4.69, 9.17) is 48.9 Å². The number of aromatic hydroxyl groups is 1. The van der Waals surface area contributed by atoms with Gasteiger partial charge in [-0.05, 0) is 132 Å². The molecule has 0 aliphatic carbocycles. The van der Waals surface area contributed by atoms with Crippen LogP contribution in [0.25, 0.3) is 43.2 Å². The second-order valence-corrected chi connectivity index (χ2v) is 23.7. The predicted molar refractivity (Wildman–Crippen MR) is 342 cm³/mol. The van der Waals surface area contributed by atoms with Gasteiger partial charge in [0.25, 0.3) is 10.1 Å². The zero-order chi connectivity index (χ0) is 63.7. The summed E-state index contributed by atoms with van der Waals surface area (Å²) in [7, 11) is 0.348. The lowest BCUT2D eigenvalue weighted by atomic mass is 9.80. The van der Waals surface area contributed by atoms with Gasteiger partial charge >= 0.3 is 5.97 Å². The Labute approximate surface area is 532 Å². The number of phenolic OH excluding ortho intramolecular Hbond substituents is 1. The minimum Gasteiger partial charge on any atom is -0.508 e. The van der Waals surface area contributed by atoms with Crippen LogP contribution in [-0.2, 0) is 42.5 Å². The topological polar surface area (TPSA) is 217 Å². The molecule has 8 aromatic carbocycles. The molecule has 11 rings (SSSR count). The molecule has 0 saturated heterocycles. The van der Waals surface area contributed by atoms with Crippen molar-refractivity contribution in [3.05, 3.63) is 251 Å². The van der Waals surface area contributed by atoms with Crippen molar-refractivity contribution >= 4 is 49.2 Å². The SMILES string of the molecule is COc1ccc(C(OC[C@H](COS(=O)(=O)c2ccc(C)cc2)Oc2ccc(-c3c(-c4ccc(F)cc4)sc4ncnc(OC(Cc5cc(O)ccc5OCc5ccnc(-c6ccccc6OC)n5)C(=O)O)c34)cc2Cl)(c2ccccc2)c2ccc(OC)cc2)cc1. The number of aliphatic carboxylic acids is 1. The summed E-state index contributed by atoms with van der Waals surface area (Å²) >= 11 is 8.54. The molecule has 0 bridgehead atoms. The van der Waals surface area contributed by atoms with Crippen LogP contribution in [0.2, 0.25) is 5.02 Å². The van der Waals surface area contributed by atoms with Gasteiger partial charge in [0.2, 0.25) is 12.0 Å². The number of carboxylic acids is 1. The molecule has 0 radical (unpaired) electrons. The average Bonchev–Trinajstić information content (AvgIpc) is 1.70. The predicted octanol–water partition coefficient (Wildman–Crippen LogP) is 14.1. The monoisotopic (exact) mass is 1280 g/mol. The number of hydrogen-bond acceptors (Lipinski definition) is 17.